The van der Waals surface area contributed by atoms with Gasteiger partial charge in [0.25, 0.3) is 0 Å². The number of aryl methyl sites for hydroxylation is 1. The van der Waals surface area contributed by atoms with E-state index >= 15 is 0 Å². The van der Waals surface area contributed by atoms with Gasteiger partial charge in [-0.3, -0.25) is 4.68 Å². The zero-order chi connectivity index (χ0) is 14.0. The molecule has 2 heterocycles. The van der Waals surface area contributed by atoms with Crippen LogP contribution in [0.2, 0.25) is 0 Å². The first-order valence-electron chi connectivity index (χ1n) is 6.49. The van der Waals surface area contributed by atoms with Gasteiger partial charge in [-0.1, -0.05) is 25.3 Å². The largest absolute Gasteiger partial charge is 0.308 e. The first-order chi connectivity index (χ1) is 8.97. The SMILES string of the molecule is CCn1cc(C(NC)c2snnc2C(C)(C)C)cn1. The van der Waals surface area contributed by atoms with Crippen LogP contribution in [-0.4, -0.2) is 26.4 Å². The maximum atomic E-state index is 4.35. The fraction of sp³-hybridized carbons (Fsp3) is 0.615. The van der Waals surface area contributed by atoms with E-state index in [0.717, 1.165) is 17.8 Å². The molecule has 0 aliphatic rings. The predicted octanol–water partition coefficient (Wildman–Crippen LogP) is 2.36. The Hall–Kier alpha value is -1.27. The lowest BCUT2D eigenvalue weighted by Gasteiger charge is -2.20. The zero-order valence-corrected chi connectivity index (χ0v) is 13.0. The van der Waals surface area contributed by atoms with E-state index in [1.807, 2.05) is 17.9 Å². The van der Waals surface area contributed by atoms with Crippen molar-refractivity contribution in [1.29, 1.82) is 0 Å². The lowest BCUT2D eigenvalue weighted by Crippen LogP contribution is -2.22. The van der Waals surface area contributed by atoms with Crippen LogP contribution in [0.1, 0.15) is 49.9 Å². The average molecular weight is 279 g/mol. The van der Waals surface area contributed by atoms with Crippen molar-refractivity contribution in [3.8, 4) is 0 Å². The molecule has 6 heteroatoms. The van der Waals surface area contributed by atoms with Gasteiger partial charge in [0.15, 0.2) is 0 Å². The first kappa shape index (κ1) is 14.1. The summed E-state index contributed by atoms with van der Waals surface area (Å²) in [5.74, 6) is 0. The maximum absolute atomic E-state index is 4.35. The molecule has 19 heavy (non-hydrogen) atoms. The lowest BCUT2D eigenvalue weighted by atomic mass is 9.89. The summed E-state index contributed by atoms with van der Waals surface area (Å²) >= 11 is 1.46. The Bertz CT molecular complexity index is 537. The molecule has 0 saturated heterocycles. The van der Waals surface area contributed by atoms with Crippen molar-refractivity contribution in [2.24, 2.45) is 0 Å². The monoisotopic (exact) mass is 279 g/mol. The molecule has 104 valence electrons. The smallest absolute Gasteiger partial charge is 0.0860 e. The number of nitrogens with one attached hydrogen (secondary N) is 1. The van der Waals surface area contributed by atoms with Crippen LogP contribution in [0.5, 0.6) is 0 Å². The number of nitrogens with zero attached hydrogens (tertiary/aromatic N) is 4. The summed E-state index contributed by atoms with van der Waals surface area (Å²) in [4.78, 5) is 1.17. The molecule has 0 amide bonds. The Labute approximate surface area is 118 Å². The van der Waals surface area contributed by atoms with Gasteiger partial charge in [-0.05, 0) is 25.5 Å². The van der Waals surface area contributed by atoms with Gasteiger partial charge in [0.1, 0.15) is 0 Å². The summed E-state index contributed by atoms with van der Waals surface area (Å²) in [5, 5.41) is 12.0. The number of rotatable bonds is 4. The molecule has 0 aliphatic heterocycles. The van der Waals surface area contributed by atoms with Crippen LogP contribution < -0.4 is 5.32 Å². The number of hydrogen-bond acceptors (Lipinski definition) is 5. The van der Waals surface area contributed by atoms with Gasteiger partial charge in [0.2, 0.25) is 0 Å². The standard InChI is InChI=1S/C13H21N5S/c1-6-18-8-9(7-15-18)10(14-5)11-12(13(2,3)4)16-17-19-11/h7-8,10,14H,6H2,1-5H3. The third-order valence-electron chi connectivity index (χ3n) is 3.09. The van der Waals surface area contributed by atoms with Crippen LogP contribution in [0.4, 0.5) is 0 Å². The molecular weight excluding hydrogens is 258 g/mol. The van der Waals surface area contributed by atoms with Gasteiger partial charge >= 0.3 is 0 Å². The van der Waals surface area contributed by atoms with Crippen molar-refractivity contribution in [2.45, 2.75) is 45.7 Å². The summed E-state index contributed by atoms with van der Waals surface area (Å²) in [5.41, 5.74) is 2.21. The second-order valence-corrected chi connectivity index (χ2v) is 6.37. The fourth-order valence-corrected chi connectivity index (χ4v) is 3.06. The lowest BCUT2D eigenvalue weighted by molar-refractivity contribution is 0.549. The zero-order valence-electron chi connectivity index (χ0n) is 12.1. The normalized spacial score (nSPS) is 13.7. The molecule has 0 spiro atoms. The van der Waals surface area contributed by atoms with Gasteiger partial charge in [-0.25, -0.2) is 0 Å². The first-order valence-corrected chi connectivity index (χ1v) is 7.27. The number of hydrogen-bond donors (Lipinski definition) is 1. The molecular formula is C13H21N5S. The minimum absolute atomic E-state index is 0.00180. The molecule has 0 saturated carbocycles. The molecule has 0 fully saturated rings. The highest BCUT2D eigenvalue weighted by molar-refractivity contribution is 7.05. The van der Waals surface area contributed by atoms with E-state index in [2.05, 4.69) is 53.9 Å². The fourth-order valence-electron chi connectivity index (χ4n) is 2.06. The molecule has 0 bridgehead atoms. The van der Waals surface area contributed by atoms with Crippen molar-refractivity contribution in [3.63, 3.8) is 0 Å². The Morgan fingerprint density at radius 3 is 2.68 bits per heavy atom. The summed E-state index contributed by atoms with van der Waals surface area (Å²) in [7, 11) is 1.96. The van der Waals surface area contributed by atoms with Crippen molar-refractivity contribution in [2.75, 3.05) is 7.05 Å². The third kappa shape index (κ3) is 2.84. The van der Waals surface area contributed by atoms with E-state index in [1.54, 1.807) is 0 Å². The van der Waals surface area contributed by atoms with Crippen LogP contribution >= 0.6 is 11.5 Å². The van der Waals surface area contributed by atoms with Gasteiger partial charge in [0.05, 0.1) is 22.8 Å². The quantitative estimate of drug-likeness (QED) is 0.933. The number of aromatic nitrogens is 4. The van der Waals surface area contributed by atoms with E-state index in [0.29, 0.717) is 0 Å². The van der Waals surface area contributed by atoms with Crippen molar-refractivity contribution < 1.29 is 0 Å². The topological polar surface area (TPSA) is 55.6 Å². The summed E-state index contributed by atoms with van der Waals surface area (Å²) in [6.45, 7) is 9.45. The van der Waals surface area contributed by atoms with Crippen molar-refractivity contribution in [3.05, 3.63) is 28.5 Å². The Morgan fingerprint density at radius 2 is 2.16 bits per heavy atom. The van der Waals surface area contributed by atoms with Gasteiger partial charge < -0.3 is 5.32 Å². The van der Waals surface area contributed by atoms with Gasteiger partial charge in [-0.2, -0.15) is 5.10 Å². The second-order valence-electron chi connectivity index (χ2n) is 5.59. The van der Waals surface area contributed by atoms with Crippen molar-refractivity contribution in [1.82, 2.24) is 24.7 Å². The highest BCUT2D eigenvalue weighted by atomic mass is 32.1. The van der Waals surface area contributed by atoms with Gasteiger partial charge in [-0.15, -0.1) is 5.10 Å². The molecule has 0 radical (unpaired) electrons. The maximum Gasteiger partial charge on any atom is 0.0860 e. The van der Waals surface area contributed by atoms with Crippen LogP contribution in [0.3, 0.4) is 0 Å². The van der Waals surface area contributed by atoms with Gasteiger partial charge in [0, 0.05) is 23.7 Å². The summed E-state index contributed by atoms with van der Waals surface area (Å²) < 4.78 is 6.07. The molecule has 2 aromatic heterocycles. The van der Waals surface area contributed by atoms with Crippen LogP contribution in [0.25, 0.3) is 0 Å². The highest BCUT2D eigenvalue weighted by Gasteiger charge is 2.28. The average Bonchev–Trinajstić information content (AvgIpc) is 2.97. The highest BCUT2D eigenvalue weighted by Crippen LogP contribution is 2.33. The predicted molar refractivity (Wildman–Crippen MR) is 77.4 cm³/mol. The molecule has 0 aliphatic carbocycles. The minimum Gasteiger partial charge on any atom is -0.308 e. The minimum atomic E-state index is -0.00180. The molecule has 2 aromatic rings. The van der Waals surface area contributed by atoms with Crippen LogP contribution in [0, 0.1) is 0 Å². The Balaban J connectivity index is 2.40. The summed E-state index contributed by atoms with van der Waals surface area (Å²) in [6.07, 6.45) is 3.99. The van der Waals surface area contributed by atoms with E-state index in [4.69, 9.17) is 0 Å². The molecule has 5 nitrogen and oxygen atoms in total. The third-order valence-corrected chi connectivity index (χ3v) is 3.87. The molecule has 2 rings (SSSR count). The molecule has 1 atom stereocenters. The van der Waals surface area contributed by atoms with E-state index in [1.165, 1.54) is 16.4 Å². The van der Waals surface area contributed by atoms with E-state index < -0.39 is 0 Å². The summed E-state index contributed by atoms with van der Waals surface area (Å²) in [6, 6.07) is 0.106. The Kier molecular flexibility index (Phi) is 4.01. The van der Waals surface area contributed by atoms with E-state index in [9.17, 15) is 0 Å². The molecule has 1 N–H and O–H groups in total. The molecule has 0 aromatic carbocycles. The van der Waals surface area contributed by atoms with Crippen LogP contribution in [-0.2, 0) is 12.0 Å². The van der Waals surface area contributed by atoms with E-state index in [-0.39, 0.29) is 11.5 Å². The van der Waals surface area contributed by atoms with Crippen molar-refractivity contribution >= 4 is 11.5 Å². The second kappa shape index (κ2) is 5.38. The Morgan fingerprint density at radius 1 is 1.42 bits per heavy atom. The van der Waals surface area contributed by atoms with Crippen LogP contribution in [0.15, 0.2) is 12.4 Å². The molecule has 1 unspecified atom stereocenters.